The highest BCUT2D eigenvalue weighted by Crippen LogP contribution is 2.23. The van der Waals surface area contributed by atoms with Gasteiger partial charge in [0, 0.05) is 17.3 Å². The van der Waals surface area contributed by atoms with Crippen molar-refractivity contribution in [1.82, 2.24) is 4.98 Å². The second-order valence-electron chi connectivity index (χ2n) is 4.92. The van der Waals surface area contributed by atoms with Crippen LogP contribution in [0.1, 0.15) is 11.5 Å². The van der Waals surface area contributed by atoms with Gasteiger partial charge in [0.2, 0.25) is 0 Å². The minimum atomic E-state index is 0.574. The van der Waals surface area contributed by atoms with E-state index in [0.29, 0.717) is 6.54 Å². The zero-order valence-electron chi connectivity index (χ0n) is 11.8. The van der Waals surface area contributed by atoms with Gasteiger partial charge in [0.25, 0.3) is 0 Å². The third kappa shape index (κ3) is 2.67. The number of hydrogen-bond donors (Lipinski definition) is 0. The number of benzene rings is 1. The normalized spacial score (nSPS) is 14.2. The quantitative estimate of drug-likeness (QED) is 0.737. The number of aromatic nitrogens is 1. The molecule has 0 saturated carbocycles. The zero-order valence-corrected chi connectivity index (χ0v) is 12.6. The summed E-state index contributed by atoms with van der Waals surface area (Å²) in [6, 6.07) is 15.9. The van der Waals surface area contributed by atoms with Crippen molar-refractivity contribution in [3.05, 3.63) is 66.2 Å². The Morgan fingerprint density at radius 3 is 2.86 bits per heavy atom. The van der Waals surface area contributed by atoms with Crippen molar-refractivity contribution in [2.75, 3.05) is 6.54 Å². The molecule has 4 rings (SSSR count). The van der Waals surface area contributed by atoms with Crippen LogP contribution in [0.3, 0.4) is 0 Å². The summed E-state index contributed by atoms with van der Waals surface area (Å²) in [6.07, 6.45) is 1.80. The summed E-state index contributed by atoms with van der Waals surface area (Å²) in [6.45, 7) is 0.574. The van der Waals surface area contributed by atoms with Gasteiger partial charge in [-0.1, -0.05) is 36.0 Å². The van der Waals surface area contributed by atoms with Crippen LogP contribution < -0.4 is 0 Å². The van der Waals surface area contributed by atoms with Gasteiger partial charge in [0.15, 0.2) is 10.9 Å². The van der Waals surface area contributed by atoms with E-state index >= 15 is 0 Å². The summed E-state index contributed by atoms with van der Waals surface area (Å²) in [5, 5.41) is 1.89. The van der Waals surface area contributed by atoms with Gasteiger partial charge in [-0.05, 0) is 24.3 Å². The van der Waals surface area contributed by atoms with Crippen LogP contribution in [0, 0.1) is 0 Å². The first-order valence-electron chi connectivity index (χ1n) is 7.02. The van der Waals surface area contributed by atoms with Crippen LogP contribution in [-0.4, -0.2) is 22.4 Å². The van der Waals surface area contributed by atoms with Gasteiger partial charge in [0.05, 0.1) is 12.2 Å². The molecular formula is C17H13N3OS. The van der Waals surface area contributed by atoms with Crippen LogP contribution in [0.5, 0.6) is 0 Å². The summed E-state index contributed by atoms with van der Waals surface area (Å²) in [7, 11) is 0. The summed E-state index contributed by atoms with van der Waals surface area (Å²) in [5.41, 5.74) is 2.80. The van der Waals surface area contributed by atoms with Crippen molar-refractivity contribution in [2.45, 2.75) is 5.75 Å². The van der Waals surface area contributed by atoms with Crippen molar-refractivity contribution >= 4 is 33.6 Å². The number of furan rings is 1. The molecule has 0 fully saturated rings. The van der Waals surface area contributed by atoms with Crippen molar-refractivity contribution in [3.63, 3.8) is 0 Å². The minimum absolute atomic E-state index is 0.574. The largest absolute Gasteiger partial charge is 0.455 e. The molecule has 22 heavy (non-hydrogen) atoms. The number of para-hydroxylation sites is 1. The zero-order chi connectivity index (χ0) is 14.8. The third-order valence-corrected chi connectivity index (χ3v) is 4.30. The lowest BCUT2D eigenvalue weighted by atomic mass is 10.2. The Balaban J connectivity index is 1.49. The molecule has 1 aliphatic rings. The Morgan fingerprint density at radius 2 is 2.00 bits per heavy atom. The second kappa shape index (κ2) is 5.77. The summed E-state index contributed by atoms with van der Waals surface area (Å²) in [5.74, 6) is 1.58. The molecule has 1 aromatic carbocycles. The van der Waals surface area contributed by atoms with Crippen molar-refractivity contribution < 1.29 is 4.42 Å². The first-order valence-corrected chi connectivity index (χ1v) is 8.01. The van der Waals surface area contributed by atoms with Crippen LogP contribution in [0.4, 0.5) is 0 Å². The lowest BCUT2D eigenvalue weighted by Gasteiger charge is -1.97. The maximum absolute atomic E-state index is 5.84. The average molecular weight is 307 g/mol. The number of nitrogens with zero attached hydrogens (tertiary/aromatic N) is 3. The highest BCUT2D eigenvalue weighted by atomic mass is 32.2. The molecule has 1 aliphatic heterocycles. The molecule has 5 heteroatoms. The van der Waals surface area contributed by atoms with E-state index in [9.17, 15) is 0 Å². The SMILES string of the molecule is c1ccc(CSC2=NCC(c3cc4ccccc4o3)=N2)nc1. The van der Waals surface area contributed by atoms with Gasteiger partial charge in [-0.3, -0.25) is 9.98 Å². The third-order valence-electron chi connectivity index (χ3n) is 3.38. The topological polar surface area (TPSA) is 50.8 Å². The smallest absolute Gasteiger partial charge is 0.184 e. The first kappa shape index (κ1) is 13.3. The van der Waals surface area contributed by atoms with E-state index in [1.807, 2.05) is 48.5 Å². The van der Waals surface area contributed by atoms with Gasteiger partial charge in [-0.2, -0.15) is 0 Å². The van der Waals surface area contributed by atoms with E-state index in [2.05, 4.69) is 15.0 Å². The van der Waals surface area contributed by atoms with Crippen LogP contribution >= 0.6 is 11.8 Å². The molecule has 0 unspecified atom stereocenters. The highest BCUT2D eigenvalue weighted by Gasteiger charge is 2.16. The summed E-state index contributed by atoms with van der Waals surface area (Å²) < 4.78 is 5.84. The van der Waals surface area contributed by atoms with Crippen molar-refractivity contribution in [1.29, 1.82) is 0 Å². The number of fused-ring (bicyclic) bond motifs is 1. The average Bonchev–Trinajstić information content (AvgIpc) is 3.20. The fourth-order valence-corrected chi connectivity index (χ4v) is 3.06. The van der Waals surface area contributed by atoms with E-state index in [1.54, 1.807) is 18.0 Å². The lowest BCUT2D eigenvalue weighted by Crippen LogP contribution is -1.99. The van der Waals surface area contributed by atoms with Gasteiger partial charge in [0.1, 0.15) is 11.3 Å². The molecule has 0 amide bonds. The molecule has 0 N–H and O–H groups in total. The number of pyridine rings is 1. The molecule has 0 atom stereocenters. The first-order chi connectivity index (χ1) is 10.9. The van der Waals surface area contributed by atoms with E-state index in [1.165, 1.54) is 0 Å². The summed E-state index contributed by atoms with van der Waals surface area (Å²) in [4.78, 5) is 13.3. The molecule has 4 nitrogen and oxygen atoms in total. The van der Waals surface area contributed by atoms with Gasteiger partial charge >= 0.3 is 0 Å². The number of rotatable bonds is 3. The summed E-state index contributed by atoms with van der Waals surface area (Å²) >= 11 is 1.60. The fourth-order valence-electron chi connectivity index (χ4n) is 2.29. The molecular weight excluding hydrogens is 294 g/mol. The molecule has 0 saturated heterocycles. The Bertz CT molecular complexity index is 835. The van der Waals surface area contributed by atoms with Crippen molar-refractivity contribution in [2.24, 2.45) is 9.98 Å². The lowest BCUT2D eigenvalue weighted by molar-refractivity contribution is 0.604. The minimum Gasteiger partial charge on any atom is -0.455 e. The number of thioether (sulfide) groups is 1. The molecule has 108 valence electrons. The van der Waals surface area contributed by atoms with E-state index < -0.39 is 0 Å². The van der Waals surface area contributed by atoms with Crippen molar-refractivity contribution in [3.8, 4) is 0 Å². The molecule has 0 spiro atoms. The molecule has 3 aromatic rings. The Kier molecular flexibility index (Phi) is 3.48. The maximum atomic E-state index is 5.84. The van der Waals surface area contributed by atoms with Crippen LogP contribution in [0.2, 0.25) is 0 Å². The number of aliphatic imine (C=N–C) groups is 2. The van der Waals surface area contributed by atoms with Gasteiger partial charge in [-0.25, -0.2) is 4.99 Å². The van der Waals surface area contributed by atoms with Crippen LogP contribution in [-0.2, 0) is 5.75 Å². The predicted molar refractivity (Wildman–Crippen MR) is 90.6 cm³/mol. The molecule has 0 radical (unpaired) electrons. The highest BCUT2D eigenvalue weighted by molar-refractivity contribution is 8.13. The van der Waals surface area contributed by atoms with Crippen LogP contribution in [0.15, 0.2) is 69.1 Å². The molecule has 2 aromatic heterocycles. The predicted octanol–water partition coefficient (Wildman–Crippen LogP) is 3.92. The van der Waals surface area contributed by atoms with Gasteiger partial charge in [-0.15, -0.1) is 0 Å². The monoisotopic (exact) mass is 307 g/mol. The Labute approximate surface area is 132 Å². The Morgan fingerprint density at radius 1 is 1.09 bits per heavy atom. The number of amidine groups is 1. The number of hydrogen-bond acceptors (Lipinski definition) is 5. The van der Waals surface area contributed by atoms with Crippen LogP contribution in [0.25, 0.3) is 11.0 Å². The van der Waals surface area contributed by atoms with E-state index in [-0.39, 0.29) is 0 Å². The molecule has 0 aliphatic carbocycles. The van der Waals surface area contributed by atoms with E-state index in [4.69, 9.17) is 4.42 Å². The van der Waals surface area contributed by atoms with E-state index in [0.717, 1.165) is 39.1 Å². The second-order valence-corrected chi connectivity index (χ2v) is 5.86. The molecule has 0 bridgehead atoms. The molecule has 3 heterocycles. The Hall–Kier alpha value is -2.40. The standard InChI is InChI=1S/C17H13N3OS/c1-2-7-15-12(5-1)9-16(21-15)14-10-19-17(20-14)22-11-13-6-3-4-8-18-13/h1-9H,10-11H2. The maximum Gasteiger partial charge on any atom is 0.184 e. The fraction of sp³-hybridized carbons (Fsp3) is 0.118. The van der Waals surface area contributed by atoms with Gasteiger partial charge < -0.3 is 4.42 Å².